The van der Waals surface area contributed by atoms with Crippen LogP contribution in [-0.2, 0) is 0 Å². The van der Waals surface area contributed by atoms with Crippen LogP contribution in [0.1, 0.15) is 21.5 Å². The van der Waals surface area contributed by atoms with Gasteiger partial charge in [-0.3, -0.25) is 9.59 Å². The van der Waals surface area contributed by atoms with E-state index >= 15 is 0 Å². The van der Waals surface area contributed by atoms with Crippen molar-refractivity contribution in [1.29, 1.82) is 0 Å². The highest BCUT2D eigenvalue weighted by Gasteiger charge is 2.16. The number of aromatic amines is 1. The van der Waals surface area contributed by atoms with Gasteiger partial charge in [-0.2, -0.15) is 0 Å². The Morgan fingerprint density at radius 2 is 1.65 bits per heavy atom. The predicted molar refractivity (Wildman–Crippen MR) is 96.5 cm³/mol. The molecule has 1 heterocycles. The molecule has 0 aliphatic rings. The van der Waals surface area contributed by atoms with Crippen LogP contribution >= 0.6 is 0 Å². The molecule has 0 unspecified atom stereocenters. The van der Waals surface area contributed by atoms with Gasteiger partial charge < -0.3 is 10.3 Å². The van der Waals surface area contributed by atoms with Gasteiger partial charge >= 0.3 is 5.69 Å². The molecule has 26 heavy (non-hydrogen) atoms. The summed E-state index contributed by atoms with van der Waals surface area (Å²) in [7, 11) is 0. The number of amides is 1. The molecular weight excluding hydrogens is 337 g/mol. The smallest absolute Gasteiger partial charge is 0.322 e. The molecule has 3 rings (SSSR count). The predicted octanol–water partition coefficient (Wildman–Crippen LogP) is 2.53. The molecule has 2 aromatic carbocycles. The van der Waals surface area contributed by atoms with Crippen molar-refractivity contribution in [2.75, 3.05) is 5.32 Å². The summed E-state index contributed by atoms with van der Waals surface area (Å²) in [6.07, 6.45) is 1.07. The summed E-state index contributed by atoms with van der Waals surface area (Å²) in [5, 5.41) is 2.65. The number of hydrogen-bond acceptors (Lipinski definition) is 3. The van der Waals surface area contributed by atoms with Gasteiger partial charge in [0.05, 0.1) is 5.69 Å². The fourth-order valence-electron chi connectivity index (χ4n) is 2.71. The van der Waals surface area contributed by atoms with Crippen LogP contribution in [0.2, 0.25) is 0 Å². The summed E-state index contributed by atoms with van der Waals surface area (Å²) in [5.74, 6) is -1.14. The van der Waals surface area contributed by atoms with Gasteiger partial charge in [0.25, 0.3) is 11.5 Å². The molecule has 0 aliphatic heterocycles. The summed E-state index contributed by atoms with van der Waals surface area (Å²) < 4.78 is 13.9. The molecule has 0 atom stereocenters. The molecular formula is C19H16FN3O3. The number of rotatable bonds is 3. The van der Waals surface area contributed by atoms with E-state index in [0.29, 0.717) is 5.69 Å². The minimum Gasteiger partial charge on any atom is -0.322 e. The van der Waals surface area contributed by atoms with Crippen molar-refractivity contribution in [1.82, 2.24) is 9.55 Å². The molecule has 6 nitrogen and oxygen atoms in total. The molecule has 1 aromatic heterocycles. The Balaban J connectivity index is 2.02. The van der Waals surface area contributed by atoms with Gasteiger partial charge in [0.1, 0.15) is 11.4 Å². The standard InChI is InChI=1S/C19H16FN3O3/c1-11-7-12(2)9-14(8-11)22-17(24)16-10-21-19(26)23(18(16)25)15-5-3-13(20)4-6-15/h3-10H,1-2H3,(H,21,26)(H,22,24). The molecule has 0 radical (unpaired) electrons. The summed E-state index contributed by atoms with van der Waals surface area (Å²) in [4.78, 5) is 39.5. The molecule has 0 saturated carbocycles. The summed E-state index contributed by atoms with van der Waals surface area (Å²) >= 11 is 0. The topological polar surface area (TPSA) is 84.0 Å². The van der Waals surface area contributed by atoms with E-state index < -0.39 is 23.0 Å². The normalized spacial score (nSPS) is 10.6. The van der Waals surface area contributed by atoms with Crippen LogP contribution in [0.3, 0.4) is 0 Å². The van der Waals surface area contributed by atoms with Crippen LogP contribution in [0, 0.1) is 19.7 Å². The van der Waals surface area contributed by atoms with Crippen molar-refractivity contribution >= 4 is 11.6 Å². The Morgan fingerprint density at radius 1 is 1.04 bits per heavy atom. The van der Waals surface area contributed by atoms with E-state index in [1.807, 2.05) is 19.9 Å². The first-order valence-corrected chi connectivity index (χ1v) is 7.85. The van der Waals surface area contributed by atoms with Gasteiger partial charge in [0, 0.05) is 11.9 Å². The summed E-state index contributed by atoms with van der Waals surface area (Å²) in [5.41, 5.74) is 0.904. The SMILES string of the molecule is Cc1cc(C)cc(NC(=O)c2c[nH]c(=O)n(-c3ccc(F)cc3)c2=O)c1. The lowest BCUT2D eigenvalue weighted by molar-refractivity contribution is 0.102. The fraction of sp³-hybridized carbons (Fsp3) is 0.105. The summed E-state index contributed by atoms with van der Waals surface area (Å²) in [6, 6.07) is 10.3. The first-order valence-electron chi connectivity index (χ1n) is 7.85. The monoisotopic (exact) mass is 353 g/mol. The number of carbonyl (C=O) groups is 1. The molecule has 2 N–H and O–H groups in total. The van der Waals surface area contributed by atoms with Crippen LogP contribution in [0.25, 0.3) is 5.69 Å². The lowest BCUT2D eigenvalue weighted by Crippen LogP contribution is -2.38. The first kappa shape index (κ1) is 17.3. The van der Waals surface area contributed by atoms with E-state index in [2.05, 4.69) is 10.3 Å². The van der Waals surface area contributed by atoms with E-state index in [4.69, 9.17) is 0 Å². The van der Waals surface area contributed by atoms with Crippen molar-refractivity contribution in [3.8, 4) is 5.69 Å². The highest BCUT2D eigenvalue weighted by atomic mass is 19.1. The zero-order valence-electron chi connectivity index (χ0n) is 14.2. The quantitative estimate of drug-likeness (QED) is 0.759. The number of hydrogen-bond donors (Lipinski definition) is 2. The molecule has 0 spiro atoms. The lowest BCUT2D eigenvalue weighted by atomic mass is 10.1. The first-order chi connectivity index (χ1) is 12.3. The van der Waals surface area contributed by atoms with Crippen LogP contribution < -0.4 is 16.6 Å². The Morgan fingerprint density at radius 3 is 2.27 bits per heavy atom. The maximum atomic E-state index is 13.1. The Hall–Kier alpha value is -3.48. The van der Waals surface area contributed by atoms with Gasteiger partial charge in [-0.15, -0.1) is 0 Å². The zero-order valence-corrected chi connectivity index (χ0v) is 14.2. The number of aryl methyl sites for hydroxylation is 2. The second-order valence-corrected chi connectivity index (χ2v) is 5.95. The van der Waals surface area contributed by atoms with E-state index in [1.54, 1.807) is 12.1 Å². The number of nitrogens with zero attached hydrogens (tertiary/aromatic N) is 1. The average molecular weight is 353 g/mol. The van der Waals surface area contributed by atoms with Gasteiger partial charge in [-0.25, -0.2) is 13.8 Å². The van der Waals surface area contributed by atoms with Crippen molar-refractivity contribution in [2.45, 2.75) is 13.8 Å². The lowest BCUT2D eigenvalue weighted by Gasteiger charge is -2.09. The molecule has 0 saturated heterocycles. The fourth-order valence-corrected chi connectivity index (χ4v) is 2.71. The highest BCUT2D eigenvalue weighted by Crippen LogP contribution is 2.14. The third kappa shape index (κ3) is 3.46. The van der Waals surface area contributed by atoms with Crippen LogP contribution in [0.4, 0.5) is 10.1 Å². The maximum absolute atomic E-state index is 13.1. The minimum atomic E-state index is -0.790. The second-order valence-electron chi connectivity index (χ2n) is 5.95. The molecule has 0 fully saturated rings. The van der Waals surface area contributed by atoms with E-state index in [-0.39, 0.29) is 11.3 Å². The van der Waals surface area contributed by atoms with Crippen LogP contribution in [0.5, 0.6) is 0 Å². The number of anilines is 1. The van der Waals surface area contributed by atoms with Crippen molar-refractivity contribution in [2.24, 2.45) is 0 Å². The molecule has 7 heteroatoms. The second kappa shape index (κ2) is 6.79. The number of halogens is 1. The number of aromatic nitrogens is 2. The largest absolute Gasteiger partial charge is 0.333 e. The van der Waals surface area contributed by atoms with Gasteiger partial charge in [-0.1, -0.05) is 6.07 Å². The van der Waals surface area contributed by atoms with Gasteiger partial charge in [-0.05, 0) is 61.4 Å². The number of benzene rings is 2. The molecule has 132 valence electrons. The van der Waals surface area contributed by atoms with Gasteiger partial charge in [0.2, 0.25) is 0 Å². The summed E-state index contributed by atoms with van der Waals surface area (Å²) in [6.45, 7) is 3.79. The average Bonchev–Trinajstić information content (AvgIpc) is 2.55. The Bertz CT molecular complexity index is 1080. The zero-order chi connectivity index (χ0) is 18.8. The third-order valence-corrected chi connectivity index (χ3v) is 3.79. The van der Waals surface area contributed by atoms with Gasteiger partial charge in [0.15, 0.2) is 0 Å². The number of nitrogens with one attached hydrogen (secondary N) is 2. The van der Waals surface area contributed by atoms with E-state index in [0.717, 1.165) is 34.0 Å². The highest BCUT2D eigenvalue weighted by molar-refractivity contribution is 6.03. The van der Waals surface area contributed by atoms with Crippen LogP contribution in [-0.4, -0.2) is 15.5 Å². The van der Waals surface area contributed by atoms with Crippen LogP contribution in [0.15, 0.2) is 58.3 Å². The maximum Gasteiger partial charge on any atom is 0.333 e. The van der Waals surface area contributed by atoms with Crippen molar-refractivity contribution in [3.05, 3.63) is 92.0 Å². The van der Waals surface area contributed by atoms with E-state index in [9.17, 15) is 18.8 Å². The molecule has 0 aliphatic carbocycles. The molecule has 3 aromatic rings. The third-order valence-electron chi connectivity index (χ3n) is 3.79. The Kier molecular flexibility index (Phi) is 4.53. The number of H-pyrrole nitrogens is 1. The Labute approximate surface area is 147 Å². The number of carbonyl (C=O) groups excluding carboxylic acids is 1. The van der Waals surface area contributed by atoms with Crippen molar-refractivity contribution < 1.29 is 9.18 Å². The molecule has 0 bridgehead atoms. The van der Waals surface area contributed by atoms with E-state index in [1.165, 1.54) is 12.1 Å². The minimum absolute atomic E-state index is 0.165. The van der Waals surface area contributed by atoms with Crippen molar-refractivity contribution in [3.63, 3.8) is 0 Å². The molecule has 1 amide bonds.